The summed E-state index contributed by atoms with van der Waals surface area (Å²) in [6.45, 7) is 0. The van der Waals surface area contributed by atoms with Gasteiger partial charge in [-0.25, -0.2) is 0 Å². The van der Waals surface area contributed by atoms with Crippen molar-refractivity contribution in [3.63, 3.8) is 0 Å². The van der Waals surface area contributed by atoms with Crippen molar-refractivity contribution < 1.29 is 14.3 Å². The number of carbonyl (C=O) groups excluding carboxylic acids is 2. The maximum atomic E-state index is 12.9. The van der Waals surface area contributed by atoms with Gasteiger partial charge in [0, 0.05) is 11.1 Å². The Balaban J connectivity index is 1.82. The molecule has 0 saturated heterocycles. The lowest BCUT2D eigenvalue weighted by atomic mass is 10.00. The minimum Gasteiger partial charge on any atom is -0.449 e. The number of hydrogen-bond donors (Lipinski definition) is 0. The molecule has 3 heteroatoms. The van der Waals surface area contributed by atoms with Gasteiger partial charge in [0.1, 0.15) is 0 Å². The van der Waals surface area contributed by atoms with Crippen molar-refractivity contribution in [3.05, 3.63) is 108 Å². The highest BCUT2D eigenvalue weighted by Crippen LogP contribution is 2.23. The summed E-state index contributed by atoms with van der Waals surface area (Å²) in [7, 11) is 0. The fourth-order valence-corrected chi connectivity index (χ4v) is 2.59. The monoisotopic (exact) mass is 330 g/mol. The summed E-state index contributed by atoms with van der Waals surface area (Å²) in [5.41, 5.74) is 2.04. The van der Waals surface area contributed by atoms with E-state index in [0.29, 0.717) is 11.1 Å². The van der Waals surface area contributed by atoms with Gasteiger partial charge in [-0.1, -0.05) is 91.0 Å². The normalized spacial score (nSPS) is 11.5. The first-order valence-corrected chi connectivity index (χ1v) is 8.11. The fraction of sp³-hybridized carbons (Fsp3) is 0.0909. The average molecular weight is 330 g/mol. The maximum Gasteiger partial charge on any atom is 0.311 e. The number of ketones is 1. The van der Waals surface area contributed by atoms with E-state index in [2.05, 4.69) is 0 Å². The number of ether oxygens (including phenoxy) is 1. The molecular formula is C22H18O3. The van der Waals surface area contributed by atoms with Gasteiger partial charge in [0.15, 0.2) is 6.10 Å². The summed E-state index contributed by atoms with van der Waals surface area (Å²) in [5, 5.41) is 0. The summed E-state index contributed by atoms with van der Waals surface area (Å²) in [5.74, 6) is -0.655. The minimum atomic E-state index is -0.945. The summed E-state index contributed by atoms with van der Waals surface area (Å²) in [6.07, 6.45) is -0.813. The first-order valence-electron chi connectivity index (χ1n) is 8.11. The topological polar surface area (TPSA) is 43.4 Å². The number of carbonyl (C=O) groups is 2. The van der Waals surface area contributed by atoms with E-state index < -0.39 is 12.1 Å². The lowest BCUT2D eigenvalue weighted by molar-refractivity contribution is -0.146. The molecule has 25 heavy (non-hydrogen) atoms. The van der Waals surface area contributed by atoms with Crippen LogP contribution in [-0.2, 0) is 16.0 Å². The number of Topliss-reactive ketones (excluding diaryl/α,β-unsaturated/α-hetero) is 1. The molecule has 3 aromatic carbocycles. The summed E-state index contributed by atoms with van der Waals surface area (Å²) in [4.78, 5) is 25.2. The molecule has 0 aliphatic heterocycles. The number of hydrogen-bond acceptors (Lipinski definition) is 3. The molecule has 1 atom stereocenters. The Morgan fingerprint density at radius 2 is 1.24 bits per heavy atom. The summed E-state index contributed by atoms with van der Waals surface area (Å²) < 4.78 is 5.57. The van der Waals surface area contributed by atoms with Gasteiger partial charge in [0.25, 0.3) is 0 Å². The lowest BCUT2D eigenvalue weighted by Crippen LogP contribution is -2.21. The van der Waals surface area contributed by atoms with Crippen molar-refractivity contribution in [2.24, 2.45) is 0 Å². The quantitative estimate of drug-likeness (QED) is 0.497. The van der Waals surface area contributed by atoms with Crippen molar-refractivity contribution in [1.29, 1.82) is 0 Å². The molecule has 0 spiro atoms. The van der Waals surface area contributed by atoms with E-state index in [9.17, 15) is 9.59 Å². The molecule has 0 amide bonds. The van der Waals surface area contributed by atoms with Crippen LogP contribution in [0.3, 0.4) is 0 Å². The Labute approximate surface area is 146 Å². The van der Waals surface area contributed by atoms with E-state index in [1.54, 1.807) is 36.4 Å². The second kappa shape index (κ2) is 8.06. The molecule has 0 aromatic heterocycles. The summed E-state index contributed by atoms with van der Waals surface area (Å²) in [6, 6.07) is 27.3. The zero-order valence-corrected chi connectivity index (χ0v) is 13.7. The third kappa shape index (κ3) is 4.42. The molecule has 3 nitrogen and oxygen atoms in total. The van der Waals surface area contributed by atoms with Crippen LogP contribution in [0.2, 0.25) is 0 Å². The molecule has 3 rings (SSSR count). The second-order valence-corrected chi connectivity index (χ2v) is 5.67. The van der Waals surface area contributed by atoms with Gasteiger partial charge in [-0.2, -0.15) is 0 Å². The Hall–Kier alpha value is -3.20. The molecule has 3 aromatic rings. The Kier molecular flexibility index (Phi) is 5.37. The van der Waals surface area contributed by atoms with Crippen LogP contribution in [0.15, 0.2) is 91.0 Å². The standard InChI is InChI=1S/C22H18O3/c23-20(16-17-10-4-1-5-11-17)25-22(19-14-8-3-9-15-19)21(24)18-12-6-2-7-13-18/h1-15,22H,16H2/t22-/m1/s1. The molecule has 0 unspecified atom stereocenters. The number of rotatable bonds is 6. The van der Waals surface area contributed by atoms with E-state index >= 15 is 0 Å². The molecule has 124 valence electrons. The van der Waals surface area contributed by atoms with Crippen LogP contribution in [0.5, 0.6) is 0 Å². The van der Waals surface area contributed by atoms with Crippen LogP contribution in [0.25, 0.3) is 0 Å². The SMILES string of the molecule is O=C(Cc1ccccc1)O[C@@H](C(=O)c1ccccc1)c1ccccc1. The fourth-order valence-electron chi connectivity index (χ4n) is 2.59. The predicted octanol–water partition coefficient (Wildman–Crippen LogP) is 4.40. The first-order chi connectivity index (χ1) is 12.2. The first kappa shape index (κ1) is 16.7. The zero-order chi connectivity index (χ0) is 17.5. The molecule has 0 radical (unpaired) electrons. The van der Waals surface area contributed by atoms with Gasteiger partial charge in [-0.15, -0.1) is 0 Å². The third-order valence-electron chi connectivity index (χ3n) is 3.84. The summed E-state index contributed by atoms with van der Waals surface area (Å²) >= 11 is 0. The Morgan fingerprint density at radius 1 is 0.720 bits per heavy atom. The van der Waals surface area contributed by atoms with Gasteiger partial charge < -0.3 is 4.74 Å². The van der Waals surface area contributed by atoms with E-state index in [1.165, 1.54) is 0 Å². The molecule has 0 aliphatic carbocycles. The van der Waals surface area contributed by atoms with Gasteiger partial charge in [-0.3, -0.25) is 9.59 Å². The Bertz CT molecular complexity index is 827. The van der Waals surface area contributed by atoms with Crippen molar-refractivity contribution in [3.8, 4) is 0 Å². The third-order valence-corrected chi connectivity index (χ3v) is 3.84. The zero-order valence-electron chi connectivity index (χ0n) is 13.7. The second-order valence-electron chi connectivity index (χ2n) is 5.67. The maximum absolute atomic E-state index is 12.9. The highest BCUT2D eigenvalue weighted by molar-refractivity contribution is 6.01. The Morgan fingerprint density at radius 3 is 1.84 bits per heavy atom. The molecule has 0 heterocycles. The largest absolute Gasteiger partial charge is 0.449 e. The molecule has 0 fully saturated rings. The minimum absolute atomic E-state index is 0.131. The van der Waals surface area contributed by atoms with Crippen LogP contribution < -0.4 is 0 Å². The van der Waals surface area contributed by atoms with Gasteiger partial charge in [0.05, 0.1) is 6.42 Å². The molecule has 0 saturated carbocycles. The highest BCUT2D eigenvalue weighted by atomic mass is 16.5. The van der Waals surface area contributed by atoms with Crippen LogP contribution in [-0.4, -0.2) is 11.8 Å². The molecule has 0 N–H and O–H groups in total. The predicted molar refractivity (Wildman–Crippen MR) is 96.2 cm³/mol. The number of benzene rings is 3. The van der Waals surface area contributed by atoms with Gasteiger partial charge in [0.2, 0.25) is 5.78 Å². The van der Waals surface area contributed by atoms with Crippen LogP contribution >= 0.6 is 0 Å². The van der Waals surface area contributed by atoms with E-state index in [0.717, 1.165) is 5.56 Å². The van der Waals surface area contributed by atoms with Gasteiger partial charge >= 0.3 is 5.97 Å². The van der Waals surface area contributed by atoms with E-state index in [1.807, 2.05) is 54.6 Å². The van der Waals surface area contributed by atoms with Crippen molar-refractivity contribution >= 4 is 11.8 Å². The molecule has 0 aliphatic rings. The molecular weight excluding hydrogens is 312 g/mol. The molecule has 0 bridgehead atoms. The van der Waals surface area contributed by atoms with Crippen molar-refractivity contribution in [2.75, 3.05) is 0 Å². The smallest absolute Gasteiger partial charge is 0.311 e. The van der Waals surface area contributed by atoms with Crippen LogP contribution in [0.1, 0.15) is 27.6 Å². The number of esters is 1. The highest BCUT2D eigenvalue weighted by Gasteiger charge is 2.26. The average Bonchev–Trinajstić information content (AvgIpc) is 2.68. The van der Waals surface area contributed by atoms with Crippen molar-refractivity contribution in [2.45, 2.75) is 12.5 Å². The van der Waals surface area contributed by atoms with Crippen molar-refractivity contribution in [1.82, 2.24) is 0 Å². The van der Waals surface area contributed by atoms with E-state index in [4.69, 9.17) is 4.74 Å². The van der Waals surface area contributed by atoms with E-state index in [-0.39, 0.29) is 12.2 Å². The van der Waals surface area contributed by atoms with Gasteiger partial charge in [-0.05, 0) is 5.56 Å². The van der Waals surface area contributed by atoms with Crippen LogP contribution in [0.4, 0.5) is 0 Å². The lowest BCUT2D eigenvalue weighted by Gasteiger charge is -2.17. The van der Waals surface area contributed by atoms with Crippen LogP contribution in [0, 0.1) is 0 Å².